The number of hydrogen-bond acceptors (Lipinski definition) is 4. The number of aromatic nitrogens is 2. The largest absolute Gasteiger partial charge is 0.395 e. The minimum atomic E-state index is -0.331. The molecule has 0 aliphatic carbocycles. The molecule has 0 fully saturated rings. The predicted octanol–water partition coefficient (Wildman–Crippen LogP) is 2.47. The summed E-state index contributed by atoms with van der Waals surface area (Å²) in [5, 5.41) is 12.6. The molecule has 3 rings (SSSR count). The van der Waals surface area contributed by atoms with Crippen molar-refractivity contribution in [3.05, 3.63) is 74.3 Å². The number of halogens is 2. The van der Waals surface area contributed by atoms with Gasteiger partial charge in [-0.15, -0.1) is 0 Å². The molecular weight excluding hydrogens is 377 g/mol. The summed E-state index contributed by atoms with van der Waals surface area (Å²) in [6, 6.07) is 9.85. The maximum absolute atomic E-state index is 12.7. The first-order chi connectivity index (χ1) is 12.5. The molecule has 3 aromatic rings. The number of nitrogens with zero attached hydrogens (tertiary/aromatic N) is 2. The van der Waals surface area contributed by atoms with E-state index in [2.05, 4.69) is 10.3 Å². The van der Waals surface area contributed by atoms with Crippen LogP contribution in [0.25, 0.3) is 10.9 Å². The second-order valence-corrected chi connectivity index (χ2v) is 6.45. The topological polar surface area (TPSA) is 84.2 Å². The number of carbonyl (C=O) groups is 1. The molecule has 2 N–H and O–H groups in total. The van der Waals surface area contributed by atoms with Crippen LogP contribution >= 0.6 is 23.2 Å². The van der Waals surface area contributed by atoms with Gasteiger partial charge in [-0.25, -0.2) is 4.98 Å². The lowest BCUT2D eigenvalue weighted by molar-refractivity contribution is 0.0945. The summed E-state index contributed by atoms with van der Waals surface area (Å²) in [7, 11) is 0. The summed E-state index contributed by atoms with van der Waals surface area (Å²) in [5.41, 5.74) is 1.41. The summed E-state index contributed by atoms with van der Waals surface area (Å²) in [4.78, 5) is 28.9. The highest BCUT2D eigenvalue weighted by molar-refractivity contribution is 6.42. The molecule has 1 heterocycles. The van der Waals surface area contributed by atoms with Crippen LogP contribution in [0, 0.1) is 0 Å². The Hall–Kier alpha value is -2.41. The smallest absolute Gasteiger partial charge is 0.261 e. The molecule has 0 atom stereocenters. The SMILES string of the molecule is O=C(NCCO)c1ccc2c(=O)n(Cc3ccc(Cl)c(Cl)c3)cnc2c1. The van der Waals surface area contributed by atoms with Gasteiger partial charge < -0.3 is 10.4 Å². The van der Waals surface area contributed by atoms with Gasteiger partial charge in [0.05, 0.1) is 40.4 Å². The van der Waals surface area contributed by atoms with Crippen molar-refractivity contribution in [2.75, 3.05) is 13.2 Å². The van der Waals surface area contributed by atoms with Crippen molar-refractivity contribution in [1.82, 2.24) is 14.9 Å². The number of aliphatic hydroxyl groups excluding tert-OH is 1. The quantitative estimate of drug-likeness (QED) is 0.699. The van der Waals surface area contributed by atoms with E-state index in [0.29, 0.717) is 33.1 Å². The molecule has 6 nitrogen and oxygen atoms in total. The van der Waals surface area contributed by atoms with Crippen LogP contribution in [-0.4, -0.2) is 33.7 Å². The van der Waals surface area contributed by atoms with Crippen LogP contribution in [0.2, 0.25) is 10.0 Å². The molecule has 0 aliphatic heterocycles. The highest BCUT2D eigenvalue weighted by Gasteiger charge is 2.10. The molecule has 0 radical (unpaired) electrons. The van der Waals surface area contributed by atoms with E-state index in [9.17, 15) is 9.59 Å². The van der Waals surface area contributed by atoms with Crippen LogP contribution in [0.15, 0.2) is 47.5 Å². The van der Waals surface area contributed by atoms with Gasteiger partial charge in [0.15, 0.2) is 0 Å². The van der Waals surface area contributed by atoms with Crippen LogP contribution in [0.1, 0.15) is 15.9 Å². The average molecular weight is 392 g/mol. The second kappa shape index (κ2) is 7.86. The Bertz CT molecular complexity index is 1030. The lowest BCUT2D eigenvalue weighted by Crippen LogP contribution is -2.26. The molecular formula is C18H15Cl2N3O3. The molecule has 8 heteroatoms. The summed E-state index contributed by atoms with van der Waals surface area (Å²) in [6.45, 7) is 0.323. The minimum Gasteiger partial charge on any atom is -0.395 e. The van der Waals surface area contributed by atoms with E-state index in [-0.39, 0.29) is 24.6 Å². The Morgan fingerprint density at radius 2 is 1.96 bits per heavy atom. The van der Waals surface area contributed by atoms with Gasteiger partial charge >= 0.3 is 0 Å². The first-order valence-corrected chi connectivity index (χ1v) is 8.57. The fourth-order valence-electron chi connectivity index (χ4n) is 2.52. The van der Waals surface area contributed by atoms with Gasteiger partial charge in [0.2, 0.25) is 0 Å². The lowest BCUT2D eigenvalue weighted by atomic mass is 10.1. The molecule has 0 unspecified atom stereocenters. The number of amides is 1. The standard InChI is InChI=1S/C18H15Cl2N3O3/c19-14-4-1-11(7-15(14)20)9-23-10-22-16-8-12(17(25)21-5-6-24)2-3-13(16)18(23)26/h1-4,7-8,10,24H,5-6,9H2,(H,21,25). The molecule has 0 spiro atoms. The van der Waals surface area contributed by atoms with E-state index >= 15 is 0 Å². The molecule has 0 bridgehead atoms. The molecule has 26 heavy (non-hydrogen) atoms. The summed E-state index contributed by atoms with van der Waals surface area (Å²) in [6.07, 6.45) is 1.43. The number of aliphatic hydroxyl groups is 1. The summed E-state index contributed by atoms with van der Waals surface area (Å²) in [5.74, 6) is -0.331. The molecule has 1 aromatic heterocycles. The van der Waals surface area contributed by atoms with E-state index in [1.807, 2.05) is 0 Å². The number of benzene rings is 2. The zero-order valence-corrected chi connectivity index (χ0v) is 15.1. The third-order valence-electron chi connectivity index (χ3n) is 3.82. The molecule has 2 aromatic carbocycles. The number of rotatable bonds is 5. The highest BCUT2D eigenvalue weighted by atomic mass is 35.5. The second-order valence-electron chi connectivity index (χ2n) is 5.64. The van der Waals surface area contributed by atoms with E-state index in [1.165, 1.54) is 10.9 Å². The molecule has 134 valence electrons. The average Bonchev–Trinajstić information content (AvgIpc) is 2.64. The van der Waals surface area contributed by atoms with Crippen molar-refractivity contribution in [3.63, 3.8) is 0 Å². The Labute approximate surface area is 159 Å². The third-order valence-corrected chi connectivity index (χ3v) is 4.56. The zero-order valence-electron chi connectivity index (χ0n) is 13.6. The van der Waals surface area contributed by atoms with Gasteiger partial charge in [-0.1, -0.05) is 29.3 Å². The lowest BCUT2D eigenvalue weighted by Gasteiger charge is -2.09. The number of carbonyl (C=O) groups excluding carboxylic acids is 1. The van der Waals surface area contributed by atoms with Crippen molar-refractivity contribution in [2.24, 2.45) is 0 Å². The van der Waals surface area contributed by atoms with Crippen LogP contribution in [0.3, 0.4) is 0 Å². The molecule has 1 amide bonds. The van der Waals surface area contributed by atoms with Crippen LogP contribution in [0.4, 0.5) is 0 Å². The molecule has 0 saturated carbocycles. The Morgan fingerprint density at radius 3 is 2.69 bits per heavy atom. The normalized spacial score (nSPS) is 10.9. The van der Waals surface area contributed by atoms with E-state index < -0.39 is 0 Å². The van der Waals surface area contributed by atoms with Gasteiger partial charge in [-0.05, 0) is 35.9 Å². The predicted molar refractivity (Wildman–Crippen MR) is 101 cm³/mol. The zero-order chi connectivity index (χ0) is 18.7. The third kappa shape index (κ3) is 3.88. The van der Waals surface area contributed by atoms with Gasteiger partial charge in [0.25, 0.3) is 11.5 Å². The highest BCUT2D eigenvalue weighted by Crippen LogP contribution is 2.22. The first-order valence-electron chi connectivity index (χ1n) is 7.82. The Balaban J connectivity index is 1.92. The monoisotopic (exact) mass is 391 g/mol. The molecule has 0 saturated heterocycles. The maximum atomic E-state index is 12.7. The maximum Gasteiger partial charge on any atom is 0.261 e. The summed E-state index contributed by atoms with van der Waals surface area (Å²) >= 11 is 11.9. The van der Waals surface area contributed by atoms with E-state index in [0.717, 1.165) is 5.56 Å². The van der Waals surface area contributed by atoms with Crippen molar-refractivity contribution >= 4 is 40.0 Å². The van der Waals surface area contributed by atoms with Crippen LogP contribution < -0.4 is 10.9 Å². The fourth-order valence-corrected chi connectivity index (χ4v) is 2.84. The van der Waals surface area contributed by atoms with E-state index in [4.69, 9.17) is 28.3 Å². The number of nitrogens with one attached hydrogen (secondary N) is 1. The van der Waals surface area contributed by atoms with Gasteiger partial charge in [0, 0.05) is 12.1 Å². The molecule has 0 aliphatic rings. The van der Waals surface area contributed by atoms with Crippen molar-refractivity contribution < 1.29 is 9.90 Å². The number of fused-ring (bicyclic) bond motifs is 1. The van der Waals surface area contributed by atoms with Crippen molar-refractivity contribution in [2.45, 2.75) is 6.54 Å². The van der Waals surface area contributed by atoms with Gasteiger partial charge in [0.1, 0.15) is 0 Å². The van der Waals surface area contributed by atoms with Crippen LogP contribution in [-0.2, 0) is 6.54 Å². The fraction of sp³-hybridized carbons (Fsp3) is 0.167. The van der Waals surface area contributed by atoms with Crippen molar-refractivity contribution in [3.8, 4) is 0 Å². The van der Waals surface area contributed by atoms with Crippen LogP contribution in [0.5, 0.6) is 0 Å². The minimum absolute atomic E-state index is 0.142. The first kappa shape index (κ1) is 18.4. The Morgan fingerprint density at radius 1 is 1.15 bits per heavy atom. The summed E-state index contributed by atoms with van der Waals surface area (Å²) < 4.78 is 1.47. The number of hydrogen-bond donors (Lipinski definition) is 2. The van der Waals surface area contributed by atoms with Crippen molar-refractivity contribution in [1.29, 1.82) is 0 Å². The Kier molecular flexibility index (Phi) is 5.56. The van der Waals surface area contributed by atoms with Gasteiger partial charge in [-0.2, -0.15) is 0 Å². The van der Waals surface area contributed by atoms with Gasteiger partial charge in [-0.3, -0.25) is 14.2 Å². The van der Waals surface area contributed by atoms with E-state index in [1.54, 1.807) is 36.4 Å².